The van der Waals surface area contributed by atoms with Crippen LogP contribution in [0.15, 0.2) is 30.0 Å². The number of hydrogen-bond donors (Lipinski definition) is 0. The number of piperidine rings is 2. The second-order valence-electron chi connectivity index (χ2n) is 9.62. The first-order valence-corrected chi connectivity index (χ1v) is 12.9. The minimum Gasteiger partial charge on any atom is -0.468 e. The minimum atomic E-state index is -0.940. The van der Waals surface area contributed by atoms with Gasteiger partial charge in [-0.1, -0.05) is 41.8 Å². The summed E-state index contributed by atoms with van der Waals surface area (Å²) >= 11 is 12.5. The van der Waals surface area contributed by atoms with Crippen molar-refractivity contribution in [3.63, 3.8) is 0 Å². The average molecular weight is 507 g/mol. The van der Waals surface area contributed by atoms with Gasteiger partial charge in [-0.15, -0.1) is 0 Å². The number of ether oxygens (including phenoxy) is 1. The zero-order chi connectivity index (χ0) is 24.3. The molecule has 1 aromatic rings. The molecule has 0 saturated carbocycles. The van der Waals surface area contributed by atoms with Crippen LogP contribution in [0.5, 0.6) is 0 Å². The summed E-state index contributed by atoms with van der Waals surface area (Å²) in [6.45, 7) is 1.68. The molecule has 184 valence electrons. The van der Waals surface area contributed by atoms with Crippen LogP contribution in [-0.2, 0) is 25.7 Å². The molecule has 4 rings (SSSR count). The van der Waals surface area contributed by atoms with E-state index >= 15 is 0 Å². The monoisotopic (exact) mass is 506 g/mol. The van der Waals surface area contributed by atoms with E-state index in [1.54, 1.807) is 23.1 Å². The molecule has 2 atom stereocenters. The van der Waals surface area contributed by atoms with Gasteiger partial charge in [0.05, 0.1) is 13.7 Å². The molecule has 8 heteroatoms. The molecule has 2 heterocycles. The predicted molar refractivity (Wildman–Crippen MR) is 131 cm³/mol. The van der Waals surface area contributed by atoms with Gasteiger partial charge in [0.1, 0.15) is 5.41 Å². The van der Waals surface area contributed by atoms with Crippen LogP contribution in [0.3, 0.4) is 0 Å². The molecule has 2 fully saturated rings. The van der Waals surface area contributed by atoms with Gasteiger partial charge < -0.3 is 14.5 Å². The molecular weight excluding hydrogens is 475 g/mol. The van der Waals surface area contributed by atoms with Crippen molar-refractivity contribution in [2.24, 2.45) is 11.3 Å². The second-order valence-corrected chi connectivity index (χ2v) is 10.5. The SMILES string of the molecule is COC(=O)[C@]12CCCCC=C1N(Cc1ccc(Cl)cc1Cl)C(=O)[C@H](CC(=O)N1CCCCC1)C2. The van der Waals surface area contributed by atoms with E-state index in [9.17, 15) is 14.4 Å². The first-order valence-electron chi connectivity index (χ1n) is 12.2. The molecule has 0 unspecified atom stereocenters. The van der Waals surface area contributed by atoms with Crippen molar-refractivity contribution in [2.45, 2.75) is 64.3 Å². The standard InChI is InChI=1S/C26H32Cl2N2O4/c1-34-25(33)26-11-5-2-4-8-22(26)30(17-18-9-10-20(27)15-21(18)28)24(32)19(16-26)14-23(31)29-12-6-3-7-13-29/h8-10,15,19H,2-7,11-14,16-17H2,1H3/t19-,26+/m1/s1. The maximum absolute atomic E-state index is 13.8. The molecule has 2 saturated heterocycles. The molecule has 0 aromatic heterocycles. The third kappa shape index (κ3) is 4.99. The lowest BCUT2D eigenvalue weighted by molar-refractivity contribution is -0.160. The summed E-state index contributed by atoms with van der Waals surface area (Å²) in [5.41, 5.74) is 0.492. The van der Waals surface area contributed by atoms with Crippen molar-refractivity contribution >= 4 is 41.0 Å². The fraction of sp³-hybridized carbons (Fsp3) is 0.577. The van der Waals surface area contributed by atoms with Crippen LogP contribution < -0.4 is 0 Å². The Labute approximate surface area is 211 Å². The number of halogens is 2. The molecule has 1 aliphatic carbocycles. The topological polar surface area (TPSA) is 66.9 Å². The molecule has 3 aliphatic rings. The van der Waals surface area contributed by atoms with E-state index in [0.717, 1.165) is 57.2 Å². The summed E-state index contributed by atoms with van der Waals surface area (Å²) < 4.78 is 5.29. The Bertz CT molecular complexity index is 989. The first-order chi connectivity index (χ1) is 16.4. The zero-order valence-electron chi connectivity index (χ0n) is 19.7. The summed E-state index contributed by atoms with van der Waals surface area (Å²) in [6, 6.07) is 5.19. The highest BCUT2D eigenvalue weighted by molar-refractivity contribution is 6.35. The molecule has 2 amide bonds. The second kappa shape index (κ2) is 10.7. The summed E-state index contributed by atoms with van der Waals surface area (Å²) in [5, 5.41) is 0.978. The van der Waals surface area contributed by atoms with Crippen LogP contribution in [0.25, 0.3) is 0 Å². The van der Waals surface area contributed by atoms with Crippen LogP contribution in [0.4, 0.5) is 0 Å². The van der Waals surface area contributed by atoms with Crippen LogP contribution in [0.2, 0.25) is 10.0 Å². The number of allylic oxidation sites excluding steroid dienone is 1. The Morgan fingerprint density at radius 3 is 2.59 bits per heavy atom. The van der Waals surface area contributed by atoms with Gasteiger partial charge in [-0.2, -0.15) is 0 Å². The Balaban J connectivity index is 1.70. The van der Waals surface area contributed by atoms with Crippen molar-refractivity contribution in [1.29, 1.82) is 0 Å². The number of benzene rings is 1. The largest absolute Gasteiger partial charge is 0.468 e. The van der Waals surface area contributed by atoms with Gasteiger partial charge in [-0.25, -0.2) is 0 Å². The number of likely N-dealkylation sites (tertiary alicyclic amines) is 2. The van der Waals surface area contributed by atoms with Gasteiger partial charge in [-0.05, 0) is 62.6 Å². The minimum absolute atomic E-state index is 0.0106. The van der Waals surface area contributed by atoms with E-state index in [1.165, 1.54) is 7.11 Å². The number of hydrogen-bond acceptors (Lipinski definition) is 4. The molecule has 34 heavy (non-hydrogen) atoms. The van der Waals surface area contributed by atoms with Crippen molar-refractivity contribution in [1.82, 2.24) is 9.80 Å². The fourth-order valence-corrected chi connectivity index (χ4v) is 6.14. The molecule has 1 aromatic carbocycles. The van der Waals surface area contributed by atoms with E-state index in [1.807, 2.05) is 11.0 Å². The van der Waals surface area contributed by atoms with E-state index in [2.05, 4.69) is 0 Å². The van der Waals surface area contributed by atoms with Gasteiger partial charge in [-0.3, -0.25) is 14.4 Å². The van der Waals surface area contributed by atoms with E-state index in [4.69, 9.17) is 27.9 Å². The number of esters is 1. The Kier molecular flexibility index (Phi) is 7.88. The van der Waals surface area contributed by atoms with Crippen molar-refractivity contribution in [3.05, 3.63) is 45.6 Å². The summed E-state index contributed by atoms with van der Waals surface area (Å²) in [4.78, 5) is 43.8. The van der Waals surface area contributed by atoms with Crippen molar-refractivity contribution in [3.8, 4) is 0 Å². The number of methoxy groups -OCH3 is 1. The van der Waals surface area contributed by atoms with Crippen LogP contribution in [0, 0.1) is 11.3 Å². The summed E-state index contributed by atoms with van der Waals surface area (Å²) in [6.07, 6.45) is 8.69. The molecule has 0 spiro atoms. The predicted octanol–water partition coefficient (Wildman–Crippen LogP) is 5.36. The quantitative estimate of drug-likeness (QED) is 0.504. The highest BCUT2D eigenvalue weighted by Gasteiger charge is 2.54. The number of rotatable bonds is 5. The molecular formula is C26H32Cl2N2O4. The number of nitrogens with zero attached hydrogens (tertiary/aromatic N) is 2. The van der Waals surface area contributed by atoms with Gasteiger partial charge >= 0.3 is 5.97 Å². The van der Waals surface area contributed by atoms with Crippen LogP contribution in [-0.4, -0.2) is 47.8 Å². The third-order valence-electron chi connectivity index (χ3n) is 7.44. The van der Waals surface area contributed by atoms with Crippen LogP contribution in [0.1, 0.15) is 63.4 Å². The molecule has 2 aliphatic heterocycles. The number of fused-ring (bicyclic) bond motifs is 1. The molecule has 0 radical (unpaired) electrons. The lowest BCUT2D eigenvalue weighted by Crippen LogP contribution is -2.53. The summed E-state index contributed by atoms with van der Waals surface area (Å²) in [7, 11) is 1.39. The smallest absolute Gasteiger partial charge is 0.317 e. The van der Waals surface area contributed by atoms with Gasteiger partial charge in [0.2, 0.25) is 11.8 Å². The van der Waals surface area contributed by atoms with Crippen LogP contribution >= 0.6 is 23.2 Å². The number of carbonyl (C=O) groups excluding carboxylic acids is 3. The zero-order valence-corrected chi connectivity index (χ0v) is 21.2. The highest BCUT2D eigenvalue weighted by Crippen LogP contribution is 2.50. The van der Waals surface area contributed by atoms with E-state index in [-0.39, 0.29) is 30.7 Å². The molecule has 0 bridgehead atoms. The Hall–Kier alpha value is -2.05. The normalized spacial score (nSPS) is 25.3. The summed E-state index contributed by atoms with van der Waals surface area (Å²) in [5.74, 6) is -1.07. The molecule has 6 nitrogen and oxygen atoms in total. The van der Waals surface area contributed by atoms with E-state index in [0.29, 0.717) is 28.6 Å². The number of carbonyl (C=O) groups is 3. The Morgan fingerprint density at radius 2 is 1.88 bits per heavy atom. The maximum atomic E-state index is 13.8. The van der Waals surface area contributed by atoms with Gasteiger partial charge in [0, 0.05) is 41.2 Å². The lowest BCUT2D eigenvalue weighted by atomic mass is 9.69. The average Bonchev–Trinajstić information content (AvgIpc) is 3.06. The molecule has 0 N–H and O–H groups in total. The van der Waals surface area contributed by atoms with Gasteiger partial charge in [0.25, 0.3) is 0 Å². The first kappa shape index (κ1) is 25.1. The third-order valence-corrected chi connectivity index (χ3v) is 8.02. The lowest BCUT2D eigenvalue weighted by Gasteiger charge is -2.46. The van der Waals surface area contributed by atoms with Crippen molar-refractivity contribution < 1.29 is 19.1 Å². The maximum Gasteiger partial charge on any atom is 0.317 e. The fourth-order valence-electron chi connectivity index (χ4n) is 5.67. The highest BCUT2D eigenvalue weighted by atomic mass is 35.5. The van der Waals surface area contributed by atoms with Gasteiger partial charge in [0.15, 0.2) is 0 Å². The van der Waals surface area contributed by atoms with Crippen molar-refractivity contribution in [2.75, 3.05) is 20.2 Å². The number of amides is 2. The Morgan fingerprint density at radius 1 is 1.12 bits per heavy atom. The van der Waals surface area contributed by atoms with E-state index < -0.39 is 11.3 Å².